The van der Waals surface area contributed by atoms with Gasteiger partial charge in [0.05, 0.1) is 6.04 Å². The van der Waals surface area contributed by atoms with Crippen LogP contribution in [0.25, 0.3) is 0 Å². The standard InChI is InChI=1S/C14H13F3N2S/c1-7-6-20-14(18-7)13(19-8-2-3-8)9-4-11(16)12(17)5-10(9)15/h4-6,8,13,19H,2-3H2,1H3. The zero-order chi connectivity index (χ0) is 14.3. The fraction of sp³-hybridized carbons (Fsp3) is 0.357. The Morgan fingerprint density at radius 1 is 1.20 bits per heavy atom. The number of thiazole rings is 1. The van der Waals surface area contributed by atoms with Gasteiger partial charge in [0.25, 0.3) is 0 Å². The third kappa shape index (κ3) is 2.71. The van der Waals surface area contributed by atoms with Crippen molar-refractivity contribution in [3.8, 4) is 0 Å². The van der Waals surface area contributed by atoms with E-state index < -0.39 is 23.5 Å². The predicted molar refractivity (Wildman–Crippen MR) is 71.2 cm³/mol. The van der Waals surface area contributed by atoms with Crippen LogP contribution in [0.2, 0.25) is 0 Å². The Labute approximate surface area is 118 Å². The van der Waals surface area contributed by atoms with Crippen molar-refractivity contribution in [3.63, 3.8) is 0 Å². The first-order valence-corrected chi connectivity index (χ1v) is 7.25. The number of rotatable bonds is 4. The van der Waals surface area contributed by atoms with Crippen LogP contribution < -0.4 is 5.32 Å². The molecule has 0 bridgehead atoms. The van der Waals surface area contributed by atoms with Crippen molar-refractivity contribution in [2.45, 2.75) is 31.8 Å². The molecule has 1 heterocycles. The molecule has 1 aromatic carbocycles. The van der Waals surface area contributed by atoms with Crippen LogP contribution in [0.3, 0.4) is 0 Å². The zero-order valence-corrected chi connectivity index (χ0v) is 11.6. The normalized spacial score (nSPS) is 16.4. The van der Waals surface area contributed by atoms with E-state index in [1.54, 1.807) is 0 Å². The number of hydrogen-bond acceptors (Lipinski definition) is 3. The van der Waals surface area contributed by atoms with E-state index >= 15 is 0 Å². The molecule has 1 fully saturated rings. The summed E-state index contributed by atoms with van der Waals surface area (Å²) in [7, 11) is 0. The van der Waals surface area contributed by atoms with E-state index in [1.165, 1.54) is 11.3 Å². The van der Waals surface area contributed by atoms with Crippen LogP contribution in [-0.4, -0.2) is 11.0 Å². The molecule has 2 nitrogen and oxygen atoms in total. The average molecular weight is 298 g/mol. The summed E-state index contributed by atoms with van der Waals surface area (Å²) in [4.78, 5) is 4.33. The summed E-state index contributed by atoms with van der Waals surface area (Å²) in [6, 6.07) is 1.27. The fourth-order valence-corrected chi connectivity index (χ4v) is 2.92. The third-order valence-corrected chi connectivity index (χ3v) is 4.24. The lowest BCUT2D eigenvalue weighted by molar-refractivity contribution is 0.478. The highest BCUT2D eigenvalue weighted by molar-refractivity contribution is 7.09. The molecule has 0 aliphatic heterocycles. The van der Waals surface area contributed by atoms with Gasteiger partial charge in [-0.1, -0.05) is 0 Å². The molecule has 1 aliphatic rings. The first-order valence-electron chi connectivity index (χ1n) is 6.37. The largest absolute Gasteiger partial charge is 0.301 e. The van der Waals surface area contributed by atoms with E-state index in [1.807, 2.05) is 12.3 Å². The Kier molecular flexibility index (Phi) is 3.52. The first-order chi connectivity index (χ1) is 9.54. The van der Waals surface area contributed by atoms with Crippen LogP contribution in [0, 0.1) is 24.4 Å². The number of nitrogens with one attached hydrogen (secondary N) is 1. The van der Waals surface area contributed by atoms with E-state index in [2.05, 4.69) is 10.3 Å². The van der Waals surface area contributed by atoms with Gasteiger partial charge in [-0.25, -0.2) is 18.2 Å². The second-order valence-electron chi connectivity index (χ2n) is 4.99. The Bertz CT molecular complexity index is 637. The van der Waals surface area contributed by atoms with E-state index in [0.29, 0.717) is 11.1 Å². The van der Waals surface area contributed by atoms with Gasteiger partial charge >= 0.3 is 0 Å². The van der Waals surface area contributed by atoms with Crippen molar-refractivity contribution in [2.75, 3.05) is 0 Å². The van der Waals surface area contributed by atoms with E-state index in [4.69, 9.17) is 0 Å². The minimum atomic E-state index is -1.17. The number of nitrogens with zero attached hydrogens (tertiary/aromatic N) is 1. The van der Waals surface area contributed by atoms with Crippen LogP contribution in [0.4, 0.5) is 13.2 Å². The quantitative estimate of drug-likeness (QED) is 0.870. The molecule has 2 aromatic rings. The third-order valence-electron chi connectivity index (χ3n) is 3.21. The van der Waals surface area contributed by atoms with Gasteiger partial charge in [-0.15, -0.1) is 11.3 Å². The Morgan fingerprint density at radius 3 is 2.50 bits per heavy atom. The lowest BCUT2D eigenvalue weighted by atomic mass is 10.1. The molecule has 20 heavy (non-hydrogen) atoms. The van der Waals surface area contributed by atoms with Gasteiger partial charge in [0.1, 0.15) is 10.8 Å². The maximum absolute atomic E-state index is 14.0. The second-order valence-corrected chi connectivity index (χ2v) is 5.88. The fourth-order valence-electron chi connectivity index (χ4n) is 2.04. The molecule has 0 spiro atoms. The first kappa shape index (κ1) is 13.6. The van der Waals surface area contributed by atoms with Crippen molar-refractivity contribution in [2.24, 2.45) is 0 Å². The SMILES string of the molecule is Cc1csc(C(NC2CC2)c2cc(F)c(F)cc2F)n1. The van der Waals surface area contributed by atoms with E-state index in [9.17, 15) is 13.2 Å². The minimum absolute atomic E-state index is 0.102. The molecule has 6 heteroatoms. The summed E-state index contributed by atoms with van der Waals surface area (Å²) in [5.41, 5.74) is 0.931. The Hall–Kier alpha value is -1.40. The minimum Gasteiger partial charge on any atom is -0.301 e. The van der Waals surface area contributed by atoms with Gasteiger partial charge < -0.3 is 5.32 Å². The number of hydrogen-bond donors (Lipinski definition) is 1. The predicted octanol–water partition coefficient (Wildman–Crippen LogP) is 3.71. The summed E-state index contributed by atoms with van der Waals surface area (Å²) in [5.74, 6) is -2.97. The molecule has 106 valence electrons. The highest BCUT2D eigenvalue weighted by atomic mass is 32.1. The molecule has 0 amide bonds. The molecule has 1 aliphatic carbocycles. The molecular weight excluding hydrogens is 285 g/mol. The van der Waals surface area contributed by atoms with Crippen molar-refractivity contribution in [1.82, 2.24) is 10.3 Å². The van der Waals surface area contributed by atoms with E-state index in [-0.39, 0.29) is 11.6 Å². The van der Waals surface area contributed by atoms with Gasteiger partial charge in [-0.05, 0) is 25.8 Å². The van der Waals surface area contributed by atoms with Gasteiger partial charge in [0.2, 0.25) is 0 Å². The number of aromatic nitrogens is 1. The highest BCUT2D eigenvalue weighted by Gasteiger charge is 2.30. The average Bonchev–Trinajstić information content (AvgIpc) is 3.12. The molecule has 1 unspecified atom stereocenters. The van der Waals surface area contributed by atoms with Gasteiger partial charge in [-0.2, -0.15) is 0 Å². The summed E-state index contributed by atoms with van der Waals surface area (Å²) in [6.07, 6.45) is 2.01. The van der Waals surface area contributed by atoms with Crippen LogP contribution in [0.5, 0.6) is 0 Å². The van der Waals surface area contributed by atoms with Crippen molar-refractivity contribution >= 4 is 11.3 Å². The number of aryl methyl sites for hydroxylation is 1. The van der Waals surface area contributed by atoms with Crippen LogP contribution in [0.15, 0.2) is 17.5 Å². The van der Waals surface area contributed by atoms with Gasteiger partial charge in [-0.3, -0.25) is 0 Å². The monoisotopic (exact) mass is 298 g/mol. The smallest absolute Gasteiger partial charge is 0.161 e. The molecule has 3 rings (SSSR count). The van der Waals surface area contributed by atoms with Crippen molar-refractivity contribution in [3.05, 3.63) is 51.2 Å². The van der Waals surface area contributed by atoms with Crippen LogP contribution in [-0.2, 0) is 0 Å². The molecular formula is C14H13F3N2S. The van der Waals surface area contributed by atoms with E-state index in [0.717, 1.165) is 24.6 Å². The zero-order valence-electron chi connectivity index (χ0n) is 10.8. The van der Waals surface area contributed by atoms with Crippen LogP contribution >= 0.6 is 11.3 Å². The van der Waals surface area contributed by atoms with Crippen LogP contribution in [0.1, 0.15) is 35.1 Å². The Balaban J connectivity index is 2.02. The number of benzene rings is 1. The molecule has 0 radical (unpaired) electrons. The topological polar surface area (TPSA) is 24.9 Å². The Morgan fingerprint density at radius 2 is 1.90 bits per heavy atom. The number of halogens is 3. The highest BCUT2D eigenvalue weighted by Crippen LogP contribution is 2.32. The molecule has 1 N–H and O–H groups in total. The maximum Gasteiger partial charge on any atom is 0.161 e. The molecule has 0 saturated heterocycles. The van der Waals surface area contributed by atoms with Gasteiger partial charge in [0.15, 0.2) is 11.6 Å². The van der Waals surface area contributed by atoms with Gasteiger partial charge in [0, 0.05) is 28.7 Å². The summed E-state index contributed by atoms with van der Waals surface area (Å²) in [5, 5.41) is 5.77. The maximum atomic E-state index is 14.0. The second kappa shape index (κ2) is 5.18. The summed E-state index contributed by atoms with van der Waals surface area (Å²) in [6.45, 7) is 1.84. The van der Waals surface area contributed by atoms with Crippen molar-refractivity contribution in [1.29, 1.82) is 0 Å². The molecule has 1 aromatic heterocycles. The lowest BCUT2D eigenvalue weighted by Gasteiger charge is -2.17. The lowest BCUT2D eigenvalue weighted by Crippen LogP contribution is -2.25. The summed E-state index contributed by atoms with van der Waals surface area (Å²) >= 11 is 1.38. The van der Waals surface area contributed by atoms with Crippen molar-refractivity contribution < 1.29 is 13.2 Å². The summed E-state index contributed by atoms with van der Waals surface area (Å²) < 4.78 is 40.4. The molecule has 1 atom stereocenters. The molecule has 1 saturated carbocycles.